The molecule has 26 heavy (non-hydrogen) atoms. The molecule has 9 nitrogen and oxygen atoms in total. The third kappa shape index (κ3) is 5.47. The van der Waals surface area contributed by atoms with E-state index in [4.69, 9.17) is 5.73 Å². The van der Waals surface area contributed by atoms with Crippen LogP contribution in [0.4, 0.5) is 17.1 Å². The van der Waals surface area contributed by atoms with Crippen LogP contribution in [-0.4, -0.2) is 33.3 Å². The molecule has 0 aliphatic carbocycles. The quantitative estimate of drug-likeness (QED) is 0.348. The number of hydrogen-bond donors (Lipinski definition) is 5. The van der Waals surface area contributed by atoms with Crippen molar-refractivity contribution in [1.82, 2.24) is 0 Å². The van der Waals surface area contributed by atoms with Crippen LogP contribution in [0.1, 0.15) is 0 Å². The van der Waals surface area contributed by atoms with E-state index in [1.165, 1.54) is 36.4 Å². The molecule has 0 atom stereocenters. The van der Waals surface area contributed by atoms with E-state index in [2.05, 4.69) is 27.0 Å². The maximum atomic E-state index is 12.5. The van der Waals surface area contributed by atoms with E-state index in [0.29, 0.717) is 0 Å². The number of rotatable bonds is 6. The van der Waals surface area contributed by atoms with E-state index in [1.54, 1.807) is 0 Å². The van der Waals surface area contributed by atoms with Gasteiger partial charge in [0.25, 0.3) is 10.0 Å². The van der Waals surface area contributed by atoms with Gasteiger partial charge in [-0.2, -0.15) is 0 Å². The molecule has 0 bridgehead atoms. The van der Waals surface area contributed by atoms with Gasteiger partial charge in [0.1, 0.15) is 5.75 Å². The first-order valence-electron chi connectivity index (χ1n) is 6.96. The van der Waals surface area contributed by atoms with Gasteiger partial charge >= 0.3 is 0 Å². The van der Waals surface area contributed by atoms with Crippen molar-refractivity contribution in [3.8, 4) is 5.75 Å². The van der Waals surface area contributed by atoms with Crippen molar-refractivity contribution >= 4 is 54.4 Å². The molecule has 12 heteroatoms. The van der Waals surface area contributed by atoms with Gasteiger partial charge in [-0.15, -0.1) is 0 Å². The molecule has 2 aromatic carbocycles. The number of sulfonamides is 2. The third-order valence-electron chi connectivity index (χ3n) is 2.95. The van der Waals surface area contributed by atoms with Crippen molar-refractivity contribution in [1.29, 1.82) is 0 Å². The fraction of sp³-hybridized carbons (Fsp3) is 0.0714. The summed E-state index contributed by atoms with van der Waals surface area (Å²) in [7, 11) is -7.51. The van der Waals surface area contributed by atoms with Crippen LogP contribution in [0, 0.1) is 0 Å². The van der Waals surface area contributed by atoms with Gasteiger partial charge in [0, 0.05) is 0 Å². The zero-order valence-corrected chi connectivity index (χ0v) is 15.9. The van der Waals surface area contributed by atoms with Crippen molar-refractivity contribution in [2.75, 3.05) is 21.0 Å². The summed E-state index contributed by atoms with van der Waals surface area (Å²) in [6.45, 7) is 0. The second-order valence-electron chi connectivity index (χ2n) is 5.23. The Balaban J connectivity index is 2.32. The third-order valence-corrected chi connectivity index (χ3v) is 5.04. The number of phenolic OH excluding ortho intramolecular Hbond substituents is 1. The highest BCUT2D eigenvalue weighted by Gasteiger charge is 2.17. The summed E-state index contributed by atoms with van der Waals surface area (Å²) in [5.74, 6) is -0.226. The van der Waals surface area contributed by atoms with Gasteiger partial charge in [-0.1, -0.05) is 6.07 Å². The summed E-state index contributed by atoms with van der Waals surface area (Å²) in [5.41, 5.74) is 5.72. The van der Waals surface area contributed by atoms with Crippen molar-refractivity contribution in [3.05, 3.63) is 42.5 Å². The van der Waals surface area contributed by atoms with E-state index in [9.17, 15) is 21.9 Å². The van der Waals surface area contributed by atoms with Crippen LogP contribution < -0.4 is 20.5 Å². The molecule has 0 radical (unpaired) electrons. The van der Waals surface area contributed by atoms with Crippen molar-refractivity contribution in [2.24, 2.45) is 5.73 Å². The van der Waals surface area contributed by atoms with Gasteiger partial charge in [0.15, 0.2) is 5.11 Å². The highest BCUT2D eigenvalue weighted by molar-refractivity contribution is 7.92. The molecule has 2 aromatic rings. The van der Waals surface area contributed by atoms with E-state index in [-0.39, 0.29) is 32.8 Å². The zero-order chi connectivity index (χ0) is 19.5. The normalized spacial score (nSPS) is 11.6. The van der Waals surface area contributed by atoms with Gasteiger partial charge in [0.2, 0.25) is 10.0 Å². The molecule has 0 aliphatic rings. The number of aromatic hydroxyl groups is 1. The maximum Gasteiger partial charge on any atom is 0.261 e. The molecule has 2 rings (SSSR count). The lowest BCUT2D eigenvalue weighted by Gasteiger charge is -2.12. The highest BCUT2D eigenvalue weighted by atomic mass is 32.2. The van der Waals surface area contributed by atoms with E-state index in [1.807, 2.05) is 0 Å². The monoisotopic (exact) mass is 416 g/mol. The van der Waals surface area contributed by atoms with Crippen LogP contribution in [0.25, 0.3) is 0 Å². The summed E-state index contributed by atoms with van der Waals surface area (Å²) in [5, 5.41) is 12.1. The fourth-order valence-electron chi connectivity index (χ4n) is 1.99. The molecular weight excluding hydrogens is 400 g/mol. The van der Waals surface area contributed by atoms with Crippen LogP contribution in [0.3, 0.4) is 0 Å². The van der Waals surface area contributed by atoms with Crippen molar-refractivity contribution < 1.29 is 21.9 Å². The predicted molar refractivity (Wildman–Crippen MR) is 104 cm³/mol. The van der Waals surface area contributed by atoms with E-state index < -0.39 is 20.0 Å². The van der Waals surface area contributed by atoms with Crippen LogP contribution in [0.5, 0.6) is 5.75 Å². The number of thiocarbonyl (C=S) groups is 1. The standard InChI is InChI=1S/C14H16N4O5S3/c1-25(20,21)17-9-3-2-4-10(7-9)18-26(22,23)11-5-6-13(19)12(8-11)16-14(15)24/h2-8,17-19H,1H3,(H3,15,16,24). The molecule has 0 heterocycles. The fourth-order valence-corrected chi connectivity index (χ4v) is 3.73. The van der Waals surface area contributed by atoms with Crippen molar-refractivity contribution in [2.45, 2.75) is 4.90 Å². The maximum absolute atomic E-state index is 12.5. The van der Waals surface area contributed by atoms with Gasteiger partial charge in [-0.25, -0.2) is 16.8 Å². The number of hydrogen-bond acceptors (Lipinski definition) is 6. The van der Waals surface area contributed by atoms with E-state index in [0.717, 1.165) is 12.3 Å². The SMILES string of the molecule is CS(=O)(=O)Nc1cccc(NS(=O)(=O)c2ccc(O)c(NC(N)=S)c2)c1. The predicted octanol–water partition coefficient (Wildman–Crippen LogP) is 1.22. The molecule has 0 saturated heterocycles. The summed E-state index contributed by atoms with van der Waals surface area (Å²) in [6, 6.07) is 9.28. The van der Waals surface area contributed by atoms with Gasteiger partial charge in [0.05, 0.1) is 28.2 Å². The minimum Gasteiger partial charge on any atom is -0.506 e. The summed E-state index contributed by atoms with van der Waals surface area (Å²) < 4.78 is 52.2. The lowest BCUT2D eigenvalue weighted by molar-refractivity contribution is 0.477. The Labute approximate surface area is 156 Å². The zero-order valence-electron chi connectivity index (χ0n) is 13.4. The summed E-state index contributed by atoms with van der Waals surface area (Å²) >= 11 is 4.67. The summed E-state index contributed by atoms with van der Waals surface area (Å²) in [4.78, 5) is -0.157. The lowest BCUT2D eigenvalue weighted by atomic mass is 10.3. The molecule has 0 fully saturated rings. The van der Waals surface area contributed by atoms with Crippen LogP contribution in [0.2, 0.25) is 0 Å². The molecule has 6 N–H and O–H groups in total. The Morgan fingerprint density at radius 2 is 1.65 bits per heavy atom. The average Bonchev–Trinajstić information content (AvgIpc) is 2.47. The van der Waals surface area contributed by atoms with E-state index >= 15 is 0 Å². The molecule has 0 spiro atoms. The lowest BCUT2D eigenvalue weighted by Crippen LogP contribution is -2.19. The number of phenols is 1. The largest absolute Gasteiger partial charge is 0.506 e. The number of anilines is 3. The molecule has 0 amide bonds. The minimum absolute atomic E-state index is 0.0351. The molecule has 0 aromatic heterocycles. The smallest absolute Gasteiger partial charge is 0.261 e. The topological polar surface area (TPSA) is 151 Å². The van der Waals surface area contributed by atoms with Gasteiger partial charge in [-0.05, 0) is 48.6 Å². The van der Waals surface area contributed by atoms with Crippen LogP contribution >= 0.6 is 12.2 Å². The van der Waals surface area contributed by atoms with Gasteiger partial charge < -0.3 is 16.2 Å². The number of nitrogens with two attached hydrogens (primary N) is 1. The van der Waals surface area contributed by atoms with Gasteiger partial charge in [-0.3, -0.25) is 9.44 Å². The second kappa shape index (κ2) is 7.35. The second-order valence-corrected chi connectivity index (χ2v) is 9.10. The Bertz CT molecular complexity index is 1050. The average molecular weight is 417 g/mol. The summed E-state index contributed by atoms with van der Waals surface area (Å²) in [6.07, 6.45) is 0.983. The Hall–Kier alpha value is -2.57. The first kappa shape index (κ1) is 19.8. The minimum atomic E-state index is -4.01. The van der Waals surface area contributed by atoms with Crippen molar-refractivity contribution in [3.63, 3.8) is 0 Å². The number of nitrogens with one attached hydrogen (secondary N) is 3. The Kier molecular flexibility index (Phi) is 5.59. The Morgan fingerprint density at radius 3 is 2.23 bits per heavy atom. The molecule has 0 saturated carbocycles. The number of benzene rings is 2. The molecule has 0 aliphatic heterocycles. The Morgan fingerprint density at radius 1 is 1.04 bits per heavy atom. The highest BCUT2D eigenvalue weighted by Crippen LogP contribution is 2.27. The molecule has 0 unspecified atom stereocenters. The van der Waals surface area contributed by atoms with Crippen LogP contribution in [0.15, 0.2) is 47.4 Å². The molecular formula is C14H16N4O5S3. The first-order valence-corrected chi connectivity index (χ1v) is 10.7. The molecule has 140 valence electrons. The van der Waals surface area contributed by atoms with Crippen LogP contribution in [-0.2, 0) is 20.0 Å². The first-order chi connectivity index (χ1) is 12.0.